The molecule has 43 heavy (non-hydrogen) atoms. The molecule has 1 heterocycles. The summed E-state index contributed by atoms with van der Waals surface area (Å²) in [4.78, 5) is 37.9. The Balaban J connectivity index is 2.33. The Hall–Kier alpha value is -3.69. The summed E-state index contributed by atoms with van der Waals surface area (Å²) in [6, 6.07) is 4.09. The molecular weight excluding hydrogens is 548 g/mol. The number of ether oxygens (including phenoxy) is 2. The lowest BCUT2D eigenvalue weighted by atomic mass is 9.90. The quantitative estimate of drug-likeness (QED) is 0.264. The molecule has 1 aromatic carbocycles. The van der Waals surface area contributed by atoms with Gasteiger partial charge in [0.2, 0.25) is 11.8 Å². The molecule has 0 aliphatic carbocycles. The number of phenols is 1. The van der Waals surface area contributed by atoms with E-state index >= 15 is 0 Å². The Morgan fingerprint density at radius 1 is 1.12 bits per heavy atom. The lowest BCUT2D eigenvalue weighted by Gasteiger charge is -2.29. The standard InChI is InChI=1S/C34H48N2O7/c1-22(2)17-31(39)35-25(5)34(41)43-33-23(3)13-12-14-26-18-27(20-28(37)19-26)36-32(40)21-29(42-6)15-10-8-7-9-11-16-30(38)24(33)4/h7-11,13,15,18-20,22,24-25,29-30,33,37-38H,12,14,16-17,21H2,1-6H3,(H,35,39)(H,36,40). The number of aromatic hydroxyl groups is 1. The highest BCUT2D eigenvalue weighted by molar-refractivity contribution is 5.91. The van der Waals surface area contributed by atoms with Crippen LogP contribution in [0.4, 0.5) is 5.69 Å². The maximum absolute atomic E-state index is 13.0. The number of benzene rings is 1. The molecule has 2 bridgehead atoms. The second-order valence-electron chi connectivity index (χ2n) is 11.5. The lowest BCUT2D eigenvalue weighted by Crippen LogP contribution is -2.43. The van der Waals surface area contributed by atoms with Gasteiger partial charge in [-0.1, -0.05) is 63.3 Å². The van der Waals surface area contributed by atoms with E-state index in [0.717, 1.165) is 11.1 Å². The van der Waals surface area contributed by atoms with Gasteiger partial charge >= 0.3 is 5.97 Å². The number of fused-ring (bicyclic) bond motifs is 2. The minimum atomic E-state index is -0.842. The SMILES string of the molecule is COC1C=CC=CC=CCC(O)C(C)C(OC(=O)C(C)NC(=O)CC(C)C)C(C)=CCCc2cc(O)cc(c2)NC(=O)C1. The number of hydrogen-bond acceptors (Lipinski definition) is 7. The fourth-order valence-electron chi connectivity index (χ4n) is 4.70. The Morgan fingerprint density at radius 3 is 2.53 bits per heavy atom. The first-order valence-electron chi connectivity index (χ1n) is 14.9. The number of aryl methyl sites for hydroxylation is 1. The van der Waals surface area contributed by atoms with Gasteiger partial charge in [-0.25, -0.2) is 4.79 Å². The van der Waals surface area contributed by atoms with Crippen LogP contribution in [0.15, 0.2) is 66.3 Å². The third-order valence-electron chi connectivity index (χ3n) is 7.12. The molecule has 1 aliphatic rings. The number of rotatable bonds is 6. The summed E-state index contributed by atoms with van der Waals surface area (Å²) in [5.41, 5.74) is 2.05. The number of aliphatic hydroxyl groups is 1. The van der Waals surface area contributed by atoms with E-state index < -0.39 is 36.2 Å². The zero-order valence-electron chi connectivity index (χ0n) is 26.2. The van der Waals surface area contributed by atoms with Crippen molar-refractivity contribution < 1.29 is 34.1 Å². The molecule has 9 heteroatoms. The number of carbonyl (C=O) groups is 3. The van der Waals surface area contributed by atoms with E-state index in [1.54, 1.807) is 37.3 Å². The predicted octanol–water partition coefficient (Wildman–Crippen LogP) is 5.15. The third-order valence-corrected chi connectivity index (χ3v) is 7.12. The summed E-state index contributed by atoms with van der Waals surface area (Å²) in [5.74, 6) is -1.30. The Morgan fingerprint density at radius 2 is 1.84 bits per heavy atom. The van der Waals surface area contributed by atoms with Gasteiger partial charge in [0.05, 0.1) is 18.6 Å². The molecule has 1 aliphatic heterocycles. The summed E-state index contributed by atoms with van der Waals surface area (Å²) in [6.45, 7) is 9.13. The molecule has 0 spiro atoms. The molecule has 236 valence electrons. The number of aliphatic hydroxyl groups excluding tert-OH is 1. The monoisotopic (exact) mass is 596 g/mol. The number of allylic oxidation sites excluding steroid dienone is 5. The molecular formula is C34H48N2O7. The van der Waals surface area contributed by atoms with Gasteiger partial charge in [-0.3, -0.25) is 9.59 Å². The average Bonchev–Trinajstić information content (AvgIpc) is 2.92. The molecule has 5 unspecified atom stereocenters. The minimum Gasteiger partial charge on any atom is -0.508 e. The van der Waals surface area contributed by atoms with Gasteiger partial charge in [0.15, 0.2) is 0 Å². The predicted molar refractivity (Wildman–Crippen MR) is 168 cm³/mol. The van der Waals surface area contributed by atoms with Crippen molar-refractivity contribution in [2.45, 2.75) is 91.1 Å². The molecule has 2 amide bonds. The first-order valence-corrected chi connectivity index (χ1v) is 14.9. The number of nitrogens with one attached hydrogen (secondary N) is 2. The summed E-state index contributed by atoms with van der Waals surface area (Å²) in [5, 5.41) is 26.8. The summed E-state index contributed by atoms with van der Waals surface area (Å²) in [7, 11) is 1.53. The van der Waals surface area contributed by atoms with Gasteiger partial charge in [0.25, 0.3) is 0 Å². The van der Waals surface area contributed by atoms with E-state index in [2.05, 4.69) is 10.6 Å². The van der Waals surface area contributed by atoms with Crippen LogP contribution in [0.1, 0.15) is 65.9 Å². The van der Waals surface area contributed by atoms with Crippen molar-refractivity contribution in [3.8, 4) is 5.75 Å². The largest absolute Gasteiger partial charge is 0.508 e. The van der Waals surface area contributed by atoms with Gasteiger partial charge in [-0.15, -0.1) is 0 Å². The van der Waals surface area contributed by atoms with Gasteiger partial charge < -0.3 is 30.3 Å². The van der Waals surface area contributed by atoms with Crippen molar-refractivity contribution in [1.29, 1.82) is 0 Å². The minimum absolute atomic E-state index is 0.0322. The van der Waals surface area contributed by atoms with Crippen LogP contribution in [-0.4, -0.2) is 59.5 Å². The first-order chi connectivity index (χ1) is 20.4. The number of amides is 2. The molecule has 4 N–H and O–H groups in total. The van der Waals surface area contributed by atoms with Gasteiger partial charge in [0, 0.05) is 31.2 Å². The van der Waals surface area contributed by atoms with Gasteiger partial charge in [-0.05, 0) is 62.3 Å². The molecule has 0 saturated heterocycles. The summed E-state index contributed by atoms with van der Waals surface area (Å²) < 4.78 is 11.3. The second-order valence-corrected chi connectivity index (χ2v) is 11.5. The van der Waals surface area contributed by atoms with Crippen LogP contribution in [0.3, 0.4) is 0 Å². The molecule has 0 saturated carbocycles. The van der Waals surface area contributed by atoms with Crippen molar-refractivity contribution in [2.75, 3.05) is 12.4 Å². The molecule has 1 aromatic rings. The van der Waals surface area contributed by atoms with Crippen LogP contribution < -0.4 is 10.6 Å². The number of esters is 1. The molecule has 9 nitrogen and oxygen atoms in total. The molecule has 0 aromatic heterocycles. The van der Waals surface area contributed by atoms with E-state index in [9.17, 15) is 24.6 Å². The number of hydrogen-bond donors (Lipinski definition) is 4. The molecule has 5 atom stereocenters. The Labute approximate surface area is 255 Å². The smallest absolute Gasteiger partial charge is 0.328 e. The third kappa shape index (κ3) is 13.0. The summed E-state index contributed by atoms with van der Waals surface area (Å²) in [6.07, 6.45) is 12.7. The van der Waals surface area contributed by atoms with Crippen molar-refractivity contribution in [3.05, 3.63) is 71.9 Å². The van der Waals surface area contributed by atoms with Crippen molar-refractivity contribution >= 4 is 23.5 Å². The fraction of sp³-hybridized carbons (Fsp3) is 0.500. The zero-order valence-corrected chi connectivity index (χ0v) is 26.2. The van der Waals surface area contributed by atoms with E-state index in [1.165, 1.54) is 13.2 Å². The highest BCUT2D eigenvalue weighted by Gasteiger charge is 2.30. The Bertz CT molecular complexity index is 1200. The molecule has 2 rings (SSSR count). The average molecular weight is 597 g/mol. The van der Waals surface area contributed by atoms with Crippen LogP contribution in [0.2, 0.25) is 0 Å². The number of methoxy groups -OCH3 is 1. The van der Waals surface area contributed by atoms with E-state index in [-0.39, 0.29) is 29.9 Å². The summed E-state index contributed by atoms with van der Waals surface area (Å²) >= 11 is 0. The Kier molecular flexibility index (Phi) is 14.9. The number of anilines is 1. The highest BCUT2D eigenvalue weighted by Crippen LogP contribution is 2.25. The maximum Gasteiger partial charge on any atom is 0.328 e. The zero-order chi connectivity index (χ0) is 31.9. The van der Waals surface area contributed by atoms with Crippen molar-refractivity contribution in [2.24, 2.45) is 11.8 Å². The van der Waals surface area contributed by atoms with Crippen LogP contribution in [-0.2, 0) is 30.3 Å². The van der Waals surface area contributed by atoms with Crippen LogP contribution in [0, 0.1) is 11.8 Å². The second kappa shape index (κ2) is 18.1. The van der Waals surface area contributed by atoms with Crippen molar-refractivity contribution in [3.63, 3.8) is 0 Å². The van der Waals surface area contributed by atoms with Crippen LogP contribution >= 0.6 is 0 Å². The maximum atomic E-state index is 13.0. The van der Waals surface area contributed by atoms with Crippen LogP contribution in [0.5, 0.6) is 5.75 Å². The highest BCUT2D eigenvalue weighted by atomic mass is 16.5. The molecule has 0 fully saturated rings. The first kappa shape index (κ1) is 35.5. The number of carbonyl (C=O) groups excluding carboxylic acids is 3. The normalized spacial score (nSPS) is 23.1. The molecule has 0 radical (unpaired) electrons. The fourth-order valence-corrected chi connectivity index (χ4v) is 4.70. The van der Waals surface area contributed by atoms with Gasteiger partial charge in [-0.2, -0.15) is 0 Å². The van der Waals surface area contributed by atoms with E-state index in [4.69, 9.17) is 9.47 Å². The number of phenolic OH excluding ortho intramolecular Hbond substituents is 1. The lowest BCUT2D eigenvalue weighted by molar-refractivity contribution is -0.154. The van der Waals surface area contributed by atoms with Crippen molar-refractivity contribution in [1.82, 2.24) is 5.32 Å². The topological polar surface area (TPSA) is 134 Å². The van der Waals surface area contributed by atoms with E-state index in [1.807, 2.05) is 52.0 Å². The van der Waals surface area contributed by atoms with E-state index in [0.29, 0.717) is 31.4 Å². The van der Waals surface area contributed by atoms with Gasteiger partial charge in [0.1, 0.15) is 17.9 Å². The van der Waals surface area contributed by atoms with Crippen LogP contribution in [0.25, 0.3) is 0 Å².